The van der Waals surface area contributed by atoms with E-state index in [1.165, 1.54) is 18.2 Å². The Kier molecular flexibility index (Phi) is 4.28. The number of carboxylic acids is 1. The molecule has 0 fully saturated rings. The molecule has 0 amide bonds. The van der Waals surface area contributed by atoms with E-state index >= 15 is 0 Å². The molecule has 0 radical (unpaired) electrons. The number of hydrogen-bond donors (Lipinski definition) is 3. The molecule has 0 spiro atoms. The summed E-state index contributed by atoms with van der Waals surface area (Å²) in [6.45, 7) is 5.19. The predicted octanol–water partition coefficient (Wildman–Crippen LogP) is 1.22. The molecular formula is C15H19N3O5. The van der Waals surface area contributed by atoms with Gasteiger partial charge in [-0.3, -0.25) is 9.36 Å². The van der Waals surface area contributed by atoms with Crippen molar-refractivity contribution in [2.24, 2.45) is 5.73 Å². The third-order valence-corrected chi connectivity index (χ3v) is 3.09. The third-order valence-electron chi connectivity index (χ3n) is 3.09. The SMILES string of the molecule is CC(C)(C)OC(=O)CC(N)n1c(=O)[nH]c2ccc(C(=O)O)cc21. The number of ether oxygens (including phenoxy) is 1. The van der Waals surface area contributed by atoms with Crippen LogP contribution in [0.1, 0.15) is 43.7 Å². The topological polar surface area (TPSA) is 127 Å². The van der Waals surface area contributed by atoms with Gasteiger partial charge in [-0.2, -0.15) is 0 Å². The number of hydrogen-bond acceptors (Lipinski definition) is 5. The van der Waals surface area contributed by atoms with Crippen molar-refractivity contribution in [2.45, 2.75) is 39.0 Å². The van der Waals surface area contributed by atoms with Crippen LogP contribution in [0, 0.1) is 0 Å². The highest BCUT2D eigenvalue weighted by Crippen LogP contribution is 2.18. The van der Waals surface area contributed by atoms with Gasteiger partial charge in [0.15, 0.2) is 0 Å². The Morgan fingerprint density at radius 3 is 2.61 bits per heavy atom. The Bertz CT molecular complexity index is 813. The van der Waals surface area contributed by atoms with Gasteiger partial charge < -0.3 is 20.6 Å². The zero-order valence-corrected chi connectivity index (χ0v) is 13.1. The zero-order chi connectivity index (χ0) is 17.4. The number of aromatic carboxylic acids is 1. The third kappa shape index (κ3) is 3.78. The minimum absolute atomic E-state index is 0.0229. The Morgan fingerprint density at radius 1 is 1.39 bits per heavy atom. The molecule has 1 atom stereocenters. The molecular weight excluding hydrogens is 302 g/mol. The number of benzene rings is 1. The maximum atomic E-state index is 12.1. The van der Waals surface area contributed by atoms with Gasteiger partial charge in [-0.15, -0.1) is 0 Å². The van der Waals surface area contributed by atoms with Gasteiger partial charge in [0.05, 0.1) is 29.2 Å². The first kappa shape index (κ1) is 16.8. The van der Waals surface area contributed by atoms with Gasteiger partial charge in [-0.05, 0) is 39.0 Å². The Morgan fingerprint density at radius 2 is 2.04 bits per heavy atom. The Labute approximate surface area is 131 Å². The quantitative estimate of drug-likeness (QED) is 0.726. The number of nitrogens with two attached hydrogens (primary N) is 1. The lowest BCUT2D eigenvalue weighted by Gasteiger charge is -2.21. The molecule has 8 heteroatoms. The predicted molar refractivity (Wildman–Crippen MR) is 83.2 cm³/mol. The molecule has 0 bridgehead atoms. The summed E-state index contributed by atoms with van der Waals surface area (Å²) in [5, 5.41) is 9.05. The molecule has 1 aromatic carbocycles. The number of carbonyl (C=O) groups excluding carboxylic acids is 1. The van der Waals surface area contributed by atoms with Crippen LogP contribution >= 0.6 is 0 Å². The number of fused-ring (bicyclic) bond motifs is 1. The van der Waals surface area contributed by atoms with Crippen molar-refractivity contribution in [1.29, 1.82) is 0 Å². The van der Waals surface area contributed by atoms with Gasteiger partial charge in [-0.25, -0.2) is 9.59 Å². The fourth-order valence-corrected chi connectivity index (χ4v) is 2.23. The largest absolute Gasteiger partial charge is 0.478 e. The van der Waals surface area contributed by atoms with Gasteiger partial charge >= 0.3 is 17.6 Å². The summed E-state index contributed by atoms with van der Waals surface area (Å²) >= 11 is 0. The molecule has 2 aromatic rings. The van der Waals surface area contributed by atoms with Crippen molar-refractivity contribution in [2.75, 3.05) is 0 Å². The Hall–Kier alpha value is -2.61. The highest BCUT2D eigenvalue weighted by Gasteiger charge is 2.22. The number of rotatable bonds is 4. The smallest absolute Gasteiger partial charge is 0.335 e. The van der Waals surface area contributed by atoms with E-state index in [0.29, 0.717) is 11.0 Å². The molecule has 0 saturated carbocycles. The number of nitrogens with one attached hydrogen (secondary N) is 1. The van der Waals surface area contributed by atoms with Gasteiger partial charge in [0.25, 0.3) is 0 Å². The normalized spacial score (nSPS) is 13.0. The number of aromatic amines is 1. The average molecular weight is 321 g/mol. The van der Waals surface area contributed by atoms with Crippen LogP contribution in [-0.4, -0.2) is 32.2 Å². The van der Waals surface area contributed by atoms with Crippen molar-refractivity contribution in [1.82, 2.24) is 9.55 Å². The number of aromatic nitrogens is 2. The van der Waals surface area contributed by atoms with E-state index in [-0.39, 0.29) is 12.0 Å². The molecule has 1 heterocycles. The second kappa shape index (κ2) is 5.88. The van der Waals surface area contributed by atoms with Crippen molar-refractivity contribution in [3.63, 3.8) is 0 Å². The average Bonchev–Trinajstić information content (AvgIpc) is 2.70. The summed E-state index contributed by atoms with van der Waals surface area (Å²) in [6.07, 6.45) is -1.17. The number of esters is 1. The molecule has 124 valence electrons. The maximum Gasteiger partial charge on any atom is 0.335 e. The molecule has 0 aliphatic carbocycles. The molecule has 1 aromatic heterocycles. The first-order valence-corrected chi connectivity index (χ1v) is 7.03. The van der Waals surface area contributed by atoms with Crippen LogP contribution in [0.4, 0.5) is 0 Å². The lowest BCUT2D eigenvalue weighted by atomic mass is 10.2. The fourth-order valence-electron chi connectivity index (χ4n) is 2.23. The van der Waals surface area contributed by atoms with Crippen LogP contribution in [0.5, 0.6) is 0 Å². The summed E-state index contributed by atoms with van der Waals surface area (Å²) in [5.41, 5.74) is 5.57. The zero-order valence-electron chi connectivity index (χ0n) is 13.1. The number of H-pyrrole nitrogens is 1. The van der Waals surface area contributed by atoms with Crippen LogP contribution in [0.15, 0.2) is 23.0 Å². The Balaban J connectivity index is 2.36. The molecule has 2 rings (SSSR count). The van der Waals surface area contributed by atoms with E-state index in [1.54, 1.807) is 20.8 Å². The fraction of sp³-hybridized carbons (Fsp3) is 0.400. The van der Waals surface area contributed by atoms with Crippen molar-refractivity contribution in [3.8, 4) is 0 Å². The lowest BCUT2D eigenvalue weighted by molar-refractivity contribution is -0.155. The van der Waals surface area contributed by atoms with Crippen LogP contribution < -0.4 is 11.4 Å². The minimum atomic E-state index is -1.12. The minimum Gasteiger partial charge on any atom is -0.478 e. The number of carboxylic acid groups (broad SMARTS) is 1. The van der Waals surface area contributed by atoms with Crippen LogP contribution in [0.3, 0.4) is 0 Å². The molecule has 0 aliphatic heterocycles. The summed E-state index contributed by atoms with van der Waals surface area (Å²) in [5.74, 6) is -1.66. The van der Waals surface area contributed by atoms with Crippen molar-refractivity contribution in [3.05, 3.63) is 34.2 Å². The summed E-state index contributed by atoms with van der Waals surface area (Å²) in [7, 11) is 0. The van der Waals surface area contributed by atoms with Gasteiger partial charge in [-0.1, -0.05) is 0 Å². The maximum absolute atomic E-state index is 12.1. The standard InChI is InChI=1S/C15H19N3O5/c1-15(2,3)23-12(19)7-11(16)18-10-6-8(13(20)21)4-5-9(10)17-14(18)22/h4-6,11H,7,16H2,1-3H3,(H,17,22)(H,20,21). The molecule has 23 heavy (non-hydrogen) atoms. The second-order valence-electron chi connectivity index (χ2n) is 6.20. The van der Waals surface area contributed by atoms with E-state index in [9.17, 15) is 14.4 Å². The monoisotopic (exact) mass is 321 g/mol. The van der Waals surface area contributed by atoms with E-state index < -0.39 is 29.4 Å². The molecule has 1 unspecified atom stereocenters. The lowest BCUT2D eigenvalue weighted by Crippen LogP contribution is -2.32. The van der Waals surface area contributed by atoms with Gasteiger partial charge in [0, 0.05) is 0 Å². The van der Waals surface area contributed by atoms with Crippen LogP contribution in [-0.2, 0) is 9.53 Å². The molecule has 0 aliphatic rings. The number of nitrogens with zero attached hydrogens (tertiary/aromatic N) is 1. The molecule has 0 saturated heterocycles. The van der Waals surface area contributed by atoms with Crippen molar-refractivity contribution < 1.29 is 19.4 Å². The van der Waals surface area contributed by atoms with E-state index in [0.717, 1.165) is 4.57 Å². The van der Waals surface area contributed by atoms with Crippen LogP contribution in [0.2, 0.25) is 0 Å². The first-order valence-electron chi connectivity index (χ1n) is 7.03. The van der Waals surface area contributed by atoms with Gasteiger partial charge in [0.2, 0.25) is 0 Å². The highest BCUT2D eigenvalue weighted by molar-refractivity contribution is 5.92. The first-order chi connectivity index (χ1) is 10.6. The van der Waals surface area contributed by atoms with Crippen molar-refractivity contribution >= 4 is 23.0 Å². The summed E-state index contributed by atoms with van der Waals surface area (Å²) < 4.78 is 6.34. The highest BCUT2D eigenvalue weighted by atomic mass is 16.6. The number of carbonyl (C=O) groups is 2. The van der Waals surface area contributed by atoms with E-state index in [1.807, 2.05) is 0 Å². The molecule has 4 N–H and O–H groups in total. The summed E-state index contributed by atoms with van der Waals surface area (Å²) in [4.78, 5) is 37.6. The summed E-state index contributed by atoms with van der Waals surface area (Å²) in [6, 6.07) is 4.20. The molecule has 8 nitrogen and oxygen atoms in total. The van der Waals surface area contributed by atoms with Gasteiger partial charge in [0.1, 0.15) is 5.60 Å². The van der Waals surface area contributed by atoms with Crippen LogP contribution in [0.25, 0.3) is 11.0 Å². The number of imidazole rings is 1. The van der Waals surface area contributed by atoms with E-state index in [2.05, 4.69) is 4.98 Å². The second-order valence-corrected chi connectivity index (χ2v) is 6.20. The van der Waals surface area contributed by atoms with E-state index in [4.69, 9.17) is 15.6 Å².